The van der Waals surface area contributed by atoms with Crippen LogP contribution in [0, 0.1) is 0 Å². The van der Waals surface area contributed by atoms with Crippen LogP contribution in [0.25, 0.3) is 16.9 Å². The number of anilines is 1. The molecule has 0 aliphatic heterocycles. The number of thioether (sulfide) groups is 1. The van der Waals surface area contributed by atoms with Crippen LogP contribution in [-0.2, 0) is 4.79 Å². The van der Waals surface area contributed by atoms with Crippen molar-refractivity contribution < 1.29 is 9.53 Å². The van der Waals surface area contributed by atoms with E-state index in [0.717, 1.165) is 11.3 Å². The van der Waals surface area contributed by atoms with E-state index in [4.69, 9.17) is 4.74 Å². The Morgan fingerprint density at radius 3 is 2.64 bits per heavy atom. The van der Waals surface area contributed by atoms with Gasteiger partial charge in [-0.2, -0.15) is 9.61 Å². The molecular weight excluding hydrogens is 374 g/mol. The lowest BCUT2D eigenvalue weighted by Crippen LogP contribution is -2.15. The second kappa shape index (κ2) is 8.10. The molecule has 0 aliphatic rings. The van der Waals surface area contributed by atoms with E-state index in [0.29, 0.717) is 22.2 Å². The third kappa shape index (κ3) is 3.81. The topological polar surface area (TPSA) is 81.4 Å². The van der Waals surface area contributed by atoms with Crippen molar-refractivity contribution in [3.8, 4) is 17.0 Å². The number of methoxy groups -OCH3 is 1. The van der Waals surface area contributed by atoms with Crippen LogP contribution in [0.4, 0.5) is 5.69 Å². The van der Waals surface area contributed by atoms with Crippen molar-refractivity contribution in [2.75, 3.05) is 18.2 Å². The molecule has 0 saturated heterocycles. The minimum Gasteiger partial charge on any atom is -0.495 e. The maximum absolute atomic E-state index is 12.3. The van der Waals surface area contributed by atoms with Gasteiger partial charge in [0.15, 0.2) is 5.65 Å². The molecular formula is C20H17N5O2S. The van der Waals surface area contributed by atoms with Crippen LogP contribution in [-0.4, -0.2) is 38.6 Å². The van der Waals surface area contributed by atoms with Crippen LogP contribution in [0.1, 0.15) is 0 Å². The molecule has 0 unspecified atom stereocenters. The fourth-order valence-electron chi connectivity index (χ4n) is 2.69. The Morgan fingerprint density at radius 2 is 1.82 bits per heavy atom. The maximum atomic E-state index is 12.3. The first-order chi connectivity index (χ1) is 13.7. The average Bonchev–Trinajstić information content (AvgIpc) is 3.15. The quantitative estimate of drug-likeness (QED) is 0.507. The number of aromatic nitrogens is 4. The summed E-state index contributed by atoms with van der Waals surface area (Å²) in [5.74, 6) is 0.629. The summed E-state index contributed by atoms with van der Waals surface area (Å²) in [5.41, 5.74) is 3.08. The van der Waals surface area contributed by atoms with Gasteiger partial charge in [0.05, 0.1) is 24.2 Å². The van der Waals surface area contributed by atoms with E-state index in [2.05, 4.69) is 20.6 Å². The first-order valence-electron chi connectivity index (χ1n) is 8.58. The van der Waals surface area contributed by atoms with Crippen LogP contribution < -0.4 is 10.1 Å². The Kier molecular flexibility index (Phi) is 5.20. The number of benzene rings is 2. The first-order valence-corrected chi connectivity index (χ1v) is 9.57. The predicted molar refractivity (Wildman–Crippen MR) is 109 cm³/mol. The van der Waals surface area contributed by atoms with Crippen molar-refractivity contribution >= 4 is 29.0 Å². The fraction of sp³-hybridized carbons (Fsp3) is 0.100. The van der Waals surface area contributed by atoms with E-state index in [1.165, 1.54) is 11.8 Å². The number of hydrogen-bond donors (Lipinski definition) is 1. The number of rotatable bonds is 6. The Hall–Kier alpha value is -3.39. The van der Waals surface area contributed by atoms with E-state index < -0.39 is 0 Å². The van der Waals surface area contributed by atoms with Gasteiger partial charge >= 0.3 is 0 Å². The van der Waals surface area contributed by atoms with Crippen LogP contribution in [0.15, 0.2) is 71.9 Å². The van der Waals surface area contributed by atoms with Crippen LogP contribution in [0.5, 0.6) is 5.75 Å². The molecule has 140 valence electrons. The van der Waals surface area contributed by atoms with Crippen LogP contribution in [0.2, 0.25) is 0 Å². The number of carbonyl (C=O) groups excluding carboxylic acids is 1. The molecule has 8 heteroatoms. The fourth-order valence-corrected chi connectivity index (χ4v) is 3.37. The normalized spacial score (nSPS) is 10.8. The van der Waals surface area contributed by atoms with E-state index in [1.807, 2.05) is 54.6 Å². The first kappa shape index (κ1) is 18.0. The molecule has 0 fully saturated rings. The highest BCUT2D eigenvalue weighted by Gasteiger charge is 2.13. The Morgan fingerprint density at radius 1 is 1.04 bits per heavy atom. The van der Waals surface area contributed by atoms with Crippen molar-refractivity contribution in [2.45, 2.75) is 5.16 Å². The number of carbonyl (C=O) groups is 1. The summed E-state index contributed by atoms with van der Waals surface area (Å²) in [7, 11) is 1.57. The molecule has 2 aromatic heterocycles. The van der Waals surface area contributed by atoms with Gasteiger partial charge in [-0.15, -0.1) is 10.2 Å². The molecule has 0 bridgehead atoms. The predicted octanol–water partition coefficient (Wildman–Crippen LogP) is 3.53. The summed E-state index contributed by atoms with van der Waals surface area (Å²) in [6.07, 6.45) is 0. The summed E-state index contributed by atoms with van der Waals surface area (Å²) in [5, 5.41) is 16.3. The molecule has 28 heavy (non-hydrogen) atoms. The molecule has 0 radical (unpaired) electrons. The zero-order valence-corrected chi connectivity index (χ0v) is 15.9. The van der Waals surface area contributed by atoms with Gasteiger partial charge in [0, 0.05) is 5.56 Å². The van der Waals surface area contributed by atoms with Gasteiger partial charge in [0.2, 0.25) is 11.1 Å². The molecule has 4 rings (SSSR count). The third-order valence-electron chi connectivity index (χ3n) is 4.02. The monoisotopic (exact) mass is 391 g/mol. The lowest BCUT2D eigenvalue weighted by molar-refractivity contribution is -0.113. The SMILES string of the molecule is COc1ccccc1NC(=O)CSc1nnc2ccc(-c3ccccc3)nn12. The largest absolute Gasteiger partial charge is 0.495 e. The van der Waals surface area contributed by atoms with Crippen molar-refractivity contribution in [3.05, 3.63) is 66.7 Å². The molecule has 7 nitrogen and oxygen atoms in total. The Labute approximate surface area is 165 Å². The summed E-state index contributed by atoms with van der Waals surface area (Å²) >= 11 is 1.28. The van der Waals surface area contributed by atoms with Crippen molar-refractivity contribution in [1.82, 2.24) is 19.8 Å². The van der Waals surface area contributed by atoms with Gasteiger partial charge in [-0.3, -0.25) is 4.79 Å². The second-order valence-corrected chi connectivity index (χ2v) is 6.82. The number of para-hydroxylation sites is 2. The molecule has 0 aliphatic carbocycles. The minimum atomic E-state index is -0.162. The van der Waals surface area contributed by atoms with Crippen LogP contribution >= 0.6 is 11.8 Å². The molecule has 1 amide bonds. The summed E-state index contributed by atoms with van der Waals surface area (Å²) in [6, 6.07) is 20.9. The highest BCUT2D eigenvalue weighted by atomic mass is 32.2. The molecule has 1 N–H and O–H groups in total. The van der Waals surface area contributed by atoms with E-state index in [1.54, 1.807) is 23.8 Å². The number of nitrogens with one attached hydrogen (secondary N) is 1. The minimum absolute atomic E-state index is 0.162. The van der Waals surface area contributed by atoms with Gasteiger partial charge < -0.3 is 10.1 Å². The maximum Gasteiger partial charge on any atom is 0.234 e. The van der Waals surface area contributed by atoms with Gasteiger partial charge in [0.1, 0.15) is 5.75 Å². The standard InChI is InChI=1S/C20H17N5O2S/c1-27-17-10-6-5-9-16(17)21-19(26)13-28-20-23-22-18-12-11-15(24-25(18)20)14-7-3-2-4-8-14/h2-12H,13H2,1H3,(H,21,26). The van der Waals surface area contributed by atoms with E-state index in [9.17, 15) is 4.79 Å². The van der Waals surface area contributed by atoms with Crippen molar-refractivity contribution in [1.29, 1.82) is 0 Å². The molecule has 2 heterocycles. The second-order valence-electron chi connectivity index (χ2n) is 5.87. The zero-order chi connectivity index (χ0) is 19.3. The Bertz CT molecular complexity index is 1110. The van der Waals surface area contributed by atoms with Crippen molar-refractivity contribution in [3.63, 3.8) is 0 Å². The molecule has 4 aromatic rings. The Balaban J connectivity index is 1.49. The average molecular weight is 391 g/mol. The number of nitrogens with zero attached hydrogens (tertiary/aromatic N) is 4. The van der Waals surface area contributed by atoms with Gasteiger partial charge in [-0.25, -0.2) is 0 Å². The van der Waals surface area contributed by atoms with Gasteiger partial charge in [-0.1, -0.05) is 54.2 Å². The van der Waals surface area contributed by atoms with E-state index >= 15 is 0 Å². The van der Waals surface area contributed by atoms with Crippen molar-refractivity contribution in [2.24, 2.45) is 0 Å². The summed E-state index contributed by atoms with van der Waals surface area (Å²) in [4.78, 5) is 12.3. The summed E-state index contributed by atoms with van der Waals surface area (Å²) in [6.45, 7) is 0. The third-order valence-corrected chi connectivity index (χ3v) is 4.94. The number of fused-ring (bicyclic) bond motifs is 1. The molecule has 0 atom stereocenters. The highest BCUT2D eigenvalue weighted by molar-refractivity contribution is 7.99. The molecule has 0 saturated carbocycles. The molecule has 0 spiro atoms. The van der Waals surface area contributed by atoms with E-state index in [-0.39, 0.29) is 11.7 Å². The lowest BCUT2D eigenvalue weighted by atomic mass is 10.1. The van der Waals surface area contributed by atoms with Gasteiger partial charge in [0.25, 0.3) is 0 Å². The van der Waals surface area contributed by atoms with Crippen LogP contribution in [0.3, 0.4) is 0 Å². The lowest BCUT2D eigenvalue weighted by Gasteiger charge is -2.09. The number of amides is 1. The zero-order valence-electron chi connectivity index (χ0n) is 15.1. The smallest absolute Gasteiger partial charge is 0.234 e. The summed E-state index contributed by atoms with van der Waals surface area (Å²) < 4.78 is 6.91. The number of ether oxygens (including phenoxy) is 1. The number of hydrogen-bond acceptors (Lipinski definition) is 6. The van der Waals surface area contributed by atoms with Gasteiger partial charge in [-0.05, 0) is 24.3 Å². The molecule has 2 aromatic carbocycles. The highest BCUT2D eigenvalue weighted by Crippen LogP contribution is 2.24.